The van der Waals surface area contributed by atoms with Crippen LogP contribution in [-0.4, -0.2) is 26.6 Å². The van der Waals surface area contributed by atoms with Crippen LogP contribution in [0.2, 0.25) is 0 Å². The van der Waals surface area contributed by atoms with E-state index in [-0.39, 0.29) is 5.56 Å². The fourth-order valence-corrected chi connectivity index (χ4v) is 2.30. The number of sulfonamides is 1. The van der Waals surface area contributed by atoms with Crippen LogP contribution in [0.15, 0.2) is 17.0 Å². The van der Waals surface area contributed by atoms with Crippen LogP contribution in [-0.2, 0) is 14.9 Å². The van der Waals surface area contributed by atoms with E-state index >= 15 is 0 Å². The van der Waals surface area contributed by atoms with Gasteiger partial charge < -0.3 is 5.11 Å². The van der Waals surface area contributed by atoms with Crippen LogP contribution < -0.4 is 4.89 Å². The van der Waals surface area contributed by atoms with Gasteiger partial charge in [0.15, 0.2) is 0 Å². The Hall–Kier alpha value is -1.51. The Balaban J connectivity index is 3.48. The largest absolute Gasteiger partial charge is 0.478 e. The van der Waals surface area contributed by atoms with Crippen LogP contribution in [0.4, 0.5) is 4.39 Å². The van der Waals surface area contributed by atoms with Crippen molar-refractivity contribution >= 4 is 16.0 Å². The predicted octanol–water partition coefficient (Wildman–Crippen LogP) is 0.672. The van der Waals surface area contributed by atoms with Crippen LogP contribution in [0.3, 0.4) is 0 Å². The van der Waals surface area contributed by atoms with Gasteiger partial charge in [-0.2, -0.15) is 0 Å². The normalized spacial score (nSPS) is 11.5. The van der Waals surface area contributed by atoms with E-state index in [4.69, 9.17) is 5.11 Å². The molecule has 0 radical (unpaired) electrons. The van der Waals surface area contributed by atoms with E-state index in [0.29, 0.717) is 0 Å². The van der Waals surface area contributed by atoms with Gasteiger partial charge in [-0.3, -0.25) is 4.84 Å². The molecule has 8 heteroatoms. The Bertz CT molecular complexity index is 555. The maximum atomic E-state index is 13.4. The minimum atomic E-state index is -4.10. The zero-order valence-electron chi connectivity index (χ0n) is 9.02. The molecule has 94 valence electrons. The summed E-state index contributed by atoms with van der Waals surface area (Å²) in [6.45, 7) is 1.23. The van der Waals surface area contributed by atoms with E-state index in [9.17, 15) is 17.6 Å². The molecule has 0 saturated heterocycles. The lowest BCUT2D eigenvalue weighted by Crippen LogP contribution is -2.24. The quantitative estimate of drug-likeness (QED) is 0.779. The van der Waals surface area contributed by atoms with E-state index in [2.05, 4.69) is 4.84 Å². The molecule has 0 unspecified atom stereocenters. The van der Waals surface area contributed by atoms with Gasteiger partial charge in [-0.25, -0.2) is 17.6 Å². The standard InChI is InChI=1S/C9H10FNO5S/c1-5-7(10)3-6(9(12)13)4-8(5)17(14,15)11-16-2/h3-4,11H,1-2H3,(H,12,13). The van der Waals surface area contributed by atoms with Crippen molar-refractivity contribution in [2.24, 2.45) is 0 Å². The topological polar surface area (TPSA) is 92.7 Å². The molecule has 0 aliphatic rings. The van der Waals surface area contributed by atoms with Gasteiger partial charge >= 0.3 is 5.97 Å². The summed E-state index contributed by atoms with van der Waals surface area (Å²) in [4.78, 5) is 16.1. The van der Waals surface area contributed by atoms with Crippen LogP contribution in [0.25, 0.3) is 0 Å². The summed E-state index contributed by atoms with van der Waals surface area (Å²) in [5.74, 6) is -2.33. The van der Waals surface area contributed by atoms with Gasteiger partial charge in [-0.1, -0.05) is 4.89 Å². The fourth-order valence-electron chi connectivity index (χ4n) is 1.21. The number of hydrogen-bond donors (Lipinski definition) is 2. The van der Waals surface area contributed by atoms with Gasteiger partial charge in [0.25, 0.3) is 10.0 Å². The van der Waals surface area contributed by atoms with Gasteiger partial charge in [-0.15, -0.1) is 0 Å². The summed E-state index contributed by atoms with van der Waals surface area (Å²) in [5, 5.41) is 8.71. The molecule has 1 aromatic carbocycles. The predicted molar refractivity (Wildman–Crippen MR) is 55.4 cm³/mol. The third-order valence-corrected chi connectivity index (χ3v) is 3.42. The number of rotatable bonds is 4. The first-order chi connectivity index (χ1) is 7.79. The highest BCUT2D eigenvalue weighted by Gasteiger charge is 2.21. The number of carboxylic acid groups (broad SMARTS) is 1. The lowest BCUT2D eigenvalue weighted by Gasteiger charge is -2.09. The number of aromatic carboxylic acids is 1. The van der Waals surface area contributed by atoms with Crippen LogP contribution >= 0.6 is 0 Å². The number of carboxylic acids is 1. The molecule has 0 heterocycles. The molecule has 0 atom stereocenters. The maximum Gasteiger partial charge on any atom is 0.335 e. The van der Waals surface area contributed by atoms with E-state index in [0.717, 1.165) is 19.2 Å². The molecule has 0 spiro atoms. The van der Waals surface area contributed by atoms with Gasteiger partial charge in [0, 0.05) is 5.56 Å². The molecule has 0 amide bonds. The molecule has 0 aliphatic heterocycles. The van der Waals surface area contributed by atoms with Crippen molar-refractivity contribution in [3.63, 3.8) is 0 Å². The zero-order valence-corrected chi connectivity index (χ0v) is 9.84. The first-order valence-corrected chi connectivity index (χ1v) is 5.86. The number of carbonyl (C=O) groups is 1. The molecule has 0 aliphatic carbocycles. The van der Waals surface area contributed by atoms with E-state index in [1.54, 1.807) is 4.89 Å². The van der Waals surface area contributed by atoms with Crippen LogP contribution in [0, 0.1) is 12.7 Å². The molecule has 2 N–H and O–H groups in total. The second-order valence-electron chi connectivity index (χ2n) is 3.18. The van der Waals surface area contributed by atoms with Crippen molar-refractivity contribution < 1.29 is 27.5 Å². The monoisotopic (exact) mass is 263 g/mol. The minimum Gasteiger partial charge on any atom is -0.478 e. The SMILES string of the molecule is CONS(=O)(=O)c1cc(C(=O)O)cc(F)c1C. The second-order valence-corrected chi connectivity index (χ2v) is 4.79. The average Bonchev–Trinajstić information content (AvgIpc) is 2.21. The summed E-state index contributed by atoms with van der Waals surface area (Å²) in [5.41, 5.74) is -0.635. The van der Waals surface area contributed by atoms with E-state index in [1.807, 2.05) is 0 Å². The smallest absolute Gasteiger partial charge is 0.335 e. The van der Waals surface area contributed by atoms with Gasteiger partial charge in [0.1, 0.15) is 5.82 Å². The van der Waals surface area contributed by atoms with Crippen molar-refractivity contribution in [1.29, 1.82) is 0 Å². The average molecular weight is 263 g/mol. The maximum absolute atomic E-state index is 13.4. The first-order valence-electron chi connectivity index (χ1n) is 4.38. The van der Waals surface area contributed by atoms with Crippen molar-refractivity contribution in [3.05, 3.63) is 29.1 Å². The highest BCUT2D eigenvalue weighted by atomic mass is 32.2. The number of halogens is 1. The Morgan fingerprint density at radius 1 is 1.47 bits per heavy atom. The third-order valence-electron chi connectivity index (χ3n) is 2.03. The molecule has 17 heavy (non-hydrogen) atoms. The molecule has 6 nitrogen and oxygen atoms in total. The van der Waals surface area contributed by atoms with Crippen molar-refractivity contribution in [2.75, 3.05) is 7.11 Å². The fraction of sp³-hybridized carbons (Fsp3) is 0.222. The van der Waals surface area contributed by atoms with Crippen molar-refractivity contribution in [2.45, 2.75) is 11.8 Å². The number of hydrogen-bond acceptors (Lipinski definition) is 4. The minimum absolute atomic E-state index is 0.181. The summed E-state index contributed by atoms with van der Waals surface area (Å²) in [6, 6.07) is 1.62. The Morgan fingerprint density at radius 2 is 2.06 bits per heavy atom. The molecular formula is C9H10FNO5S. The summed E-state index contributed by atoms with van der Waals surface area (Å²) >= 11 is 0. The van der Waals surface area contributed by atoms with Gasteiger partial charge in [0.2, 0.25) is 0 Å². The lowest BCUT2D eigenvalue weighted by molar-refractivity contribution is 0.0696. The Morgan fingerprint density at radius 3 is 2.53 bits per heavy atom. The van der Waals surface area contributed by atoms with E-state index in [1.165, 1.54) is 6.92 Å². The van der Waals surface area contributed by atoms with Crippen LogP contribution in [0.5, 0.6) is 0 Å². The number of nitrogens with one attached hydrogen (secondary N) is 1. The summed E-state index contributed by atoms with van der Waals surface area (Å²) in [6.07, 6.45) is 0. The van der Waals surface area contributed by atoms with Crippen molar-refractivity contribution in [1.82, 2.24) is 4.89 Å². The molecule has 0 bridgehead atoms. The molecule has 1 aromatic rings. The molecule has 1 rings (SSSR count). The molecule has 0 saturated carbocycles. The highest BCUT2D eigenvalue weighted by Crippen LogP contribution is 2.20. The Labute approximate surface area is 97.0 Å². The zero-order chi connectivity index (χ0) is 13.2. The summed E-state index contributed by atoms with van der Waals surface area (Å²) < 4.78 is 36.5. The van der Waals surface area contributed by atoms with E-state index < -0.39 is 32.3 Å². The number of benzene rings is 1. The molecule has 0 aromatic heterocycles. The second kappa shape index (κ2) is 4.78. The highest BCUT2D eigenvalue weighted by molar-refractivity contribution is 7.89. The molecule has 0 fully saturated rings. The summed E-state index contributed by atoms with van der Waals surface area (Å²) in [7, 11) is -3.02. The lowest BCUT2D eigenvalue weighted by atomic mass is 10.1. The van der Waals surface area contributed by atoms with Gasteiger partial charge in [-0.05, 0) is 19.1 Å². The van der Waals surface area contributed by atoms with Crippen molar-refractivity contribution in [3.8, 4) is 0 Å². The third kappa shape index (κ3) is 2.78. The van der Waals surface area contributed by atoms with Crippen LogP contribution in [0.1, 0.15) is 15.9 Å². The Kier molecular flexibility index (Phi) is 3.81. The molecular weight excluding hydrogens is 253 g/mol. The van der Waals surface area contributed by atoms with Gasteiger partial charge in [0.05, 0.1) is 17.6 Å². The first kappa shape index (κ1) is 13.6.